The summed E-state index contributed by atoms with van der Waals surface area (Å²) in [5, 5.41) is 1.44. The van der Waals surface area contributed by atoms with Gasteiger partial charge in [0.05, 0.1) is 8.07 Å². The van der Waals surface area contributed by atoms with Crippen molar-refractivity contribution in [3.8, 4) is 0 Å². The van der Waals surface area contributed by atoms with Gasteiger partial charge in [-0.05, 0) is 56.1 Å². The maximum absolute atomic E-state index is 5.67. The molecule has 0 fully saturated rings. The maximum atomic E-state index is 5.67. The Hall–Kier alpha value is 1.06. The molecule has 0 amide bonds. The second kappa shape index (κ2) is 18.6. The van der Waals surface area contributed by atoms with Crippen LogP contribution in [0.3, 0.4) is 0 Å². The molecule has 0 bridgehead atoms. The van der Waals surface area contributed by atoms with Crippen LogP contribution in [0.5, 0.6) is 0 Å². The van der Waals surface area contributed by atoms with Crippen molar-refractivity contribution in [1.82, 2.24) is 9.97 Å². The Morgan fingerprint density at radius 1 is 0.897 bits per heavy atom. The summed E-state index contributed by atoms with van der Waals surface area (Å²) in [5.74, 6) is 0. The van der Waals surface area contributed by atoms with Crippen LogP contribution in [0.2, 0.25) is 39.3 Å². The minimum atomic E-state index is -1.14. The Labute approximate surface area is 222 Å². The molecule has 0 radical (unpaired) electrons. The van der Waals surface area contributed by atoms with Gasteiger partial charge in [-0.2, -0.15) is 17.5 Å². The smallest absolute Gasteiger partial charge is 0.343 e. The van der Waals surface area contributed by atoms with E-state index in [-0.39, 0.29) is 18.9 Å². The average molecular weight is 640 g/mol. The third-order valence-electron chi connectivity index (χ3n) is 2.63. The number of nitrogens with zero attached hydrogens (tertiary/aromatic N) is 2. The summed E-state index contributed by atoms with van der Waals surface area (Å²) < 4.78 is 2.84. The van der Waals surface area contributed by atoms with Gasteiger partial charge in [-0.1, -0.05) is 73.7 Å². The van der Waals surface area contributed by atoms with Crippen LogP contribution in [0, 0.1) is 6.92 Å². The minimum absolute atomic E-state index is 0. The van der Waals surface area contributed by atoms with Crippen LogP contribution >= 0.6 is 58.9 Å². The van der Waals surface area contributed by atoms with E-state index in [1.54, 1.807) is 6.20 Å². The van der Waals surface area contributed by atoms with E-state index in [0.29, 0.717) is 0 Å². The van der Waals surface area contributed by atoms with E-state index in [0.717, 1.165) is 20.1 Å². The number of unbranched alkanes of at least 4 members (excludes halogenated alkanes) is 1. The summed E-state index contributed by atoms with van der Waals surface area (Å²) in [4.78, 5) is 8.02. The Kier molecular flexibility index (Phi) is 22.3. The van der Waals surface area contributed by atoms with Crippen LogP contribution < -0.4 is 24.0 Å². The van der Waals surface area contributed by atoms with Crippen LogP contribution in [0.25, 0.3) is 0 Å². The Morgan fingerprint density at radius 3 is 1.48 bits per heavy atom. The van der Waals surface area contributed by atoms with Crippen molar-refractivity contribution in [3.63, 3.8) is 0 Å². The van der Waals surface area contributed by atoms with Crippen molar-refractivity contribution in [2.24, 2.45) is 0 Å². The van der Waals surface area contributed by atoms with Gasteiger partial charge in [0.15, 0.2) is 0 Å². The Balaban J connectivity index is -0.000000332. The van der Waals surface area contributed by atoms with Crippen molar-refractivity contribution in [2.45, 2.75) is 59.0 Å². The summed E-state index contributed by atoms with van der Waals surface area (Å²) in [5.41, 5.74) is 0. The third kappa shape index (κ3) is 27.0. The first-order valence-electron chi connectivity index (χ1n) is 9.08. The van der Waals surface area contributed by atoms with Crippen LogP contribution in [0.1, 0.15) is 19.8 Å². The molecule has 0 spiro atoms. The SMILES string of the molecule is Brc1ccnc(Br)c1.C[Si](C)(C)Cl.C[Si](C)(C)c1ccnc(Br)c1.[CH2-]CCC.[Li+]. The van der Waals surface area contributed by atoms with Crippen molar-refractivity contribution < 1.29 is 18.9 Å². The summed E-state index contributed by atoms with van der Waals surface area (Å²) in [6.45, 7) is 19.0. The van der Waals surface area contributed by atoms with Crippen LogP contribution in [-0.2, 0) is 0 Å². The van der Waals surface area contributed by atoms with Crippen LogP contribution in [-0.4, -0.2) is 25.4 Å². The van der Waals surface area contributed by atoms with Gasteiger partial charge in [0.2, 0.25) is 0 Å². The van der Waals surface area contributed by atoms with Crippen LogP contribution in [0.15, 0.2) is 50.3 Å². The molecule has 0 saturated carbocycles. The molecule has 0 aliphatic rings. The van der Waals surface area contributed by atoms with E-state index < -0.39 is 15.5 Å². The third-order valence-corrected chi connectivity index (χ3v) is 6.04. The molecule has 0 unspecified atom stereocenters. The van der Waals surface area contributed by atoms with E-state index >= 15 is 0 Å². The first-order valence-corrected chi connectivity index (χ1v) is 19.5. The number of rotatable bonds is 2. The minimum Gasteiger partial charge on any atom is -0.343 e. The van der Waals surface area contributed by atoms with Crippen molar-refractivity contribution in [1.29, 1.82) is 0 Å². The first-order chi connectivity index (χ1) is 12.7. The normalized spacial score (nSPS) is 10.1. The van der Waals surface area contributed by atoms with Crippen molar-refractivity contribution in [2.75, 3.05) is 0 Å². The zero-order valence-corrected chi connectivity index (χ0v) is 26.5. The second-order valence-electron chi connectivity index (χ2n) is 7.83. The van der Waals surface area contributed by atoms with Gasteiger partial charge in [-0.25, -0.2) is 9.97 Å². The average Bonchev–Trinajstić information content (AvgIpc) is 2.53. The fourth-order valence-corrected chi connectivity index (χ4v) is 3.98. The van der Waals surface area contributed by atoms with E-state index in [9.17, 15) is 0 Å². The molecule has 2 heterocycles. The van der Waals surface area contributed by atoms with Gasteiger partial charge in [0.1, 0.15) is 16.6 Å². The molecule has 0 atom stereocenters. The Bertz CT molecular complexity index is 641. The largest absolute Gasteiger partial charge is 1.00 e. The molecule has 0 aliphatic heterocycles. The number of aromatic nitrogens is 2. The van der Waals surface area contributed by atoms with E-state index in [1.165, 1.54) is 11.6 Å². The summed E-state index contributed by atoms with van der Waals surface area (Å²) in [6.07, 6.45) is 5.87. The fraction of sp³-hybridized carbons (Fsp3) is 0.450. The molecule has 2 aromatic rings. The summed E-state index contributed by atoms with van der Waals surface area (Å²) in [6, 6.07) is 7.99. The first kappa shape index (κ1) is 34.7. The molecule has 0 N–H and O–H groups in total. The number of hydrogen-bond acceptors (Lipinski definition) is 2. The van der Waals surface area contributed by atoms with Crippen molar-refractivity contribution >= 4 is 79.5 Å². The van der Waals surface area contributed by atoms with Crippen molar-refractivity contribution in [3.05, 3.63) is 57.3 Å². The molecule has 0 aromatic carbocycles. The van der Waals surface area contributed by atoms with Gasteiger partial charge >= 0.3 is 18.9 Å². The van der Waals surface area contributed by atoms with Gasteiger partial charge in [0.25, 0.3) is 0 Å². The van der Waals surface area contributed by atoms with Gasteiger partial charge in [-0.3, -0.25) is 0 Å². The Morgan fingerprint density at radius 2 is 1.28 bits per heavy atom. The number of pyridine rings is 2. The van der Waals surface area contributed by atoms with E-state index in [4.69, 9.17) is 11.1 Å². The van der Waals surface area contributed by atoms with Gasteiger partial charge in [0, 0.05) is 16.9 Å². The fourth-order valence-electron chi connectivity index (χ4n) is 1.25. The topological polar surface area (TPSA) is 25.8 Å². The molecule has 29 heavy (non-hydrogen) atoms. The molecule has 2 rings (SSSR count). The predicted molar refractivity (Wildman–Crippen MR) is 144 cm³/mol. The summed E-state index contributed by atoms with van der Waals surface area (Å²) in [7, 11) is -2.27. The summed E-state index contributed by atoms with van der Waals surface area (Å²) >= 11 is 15.5. The molecule has 2 nitrogen and oxygen atoms in total. The molecule has 0 aliphatic carbocycles. The standard InChI is InChI=1S/C8H12BrNSi.C5H3Br2N.C4H9.C3H9ClSi.Li/c1-11(2,3)7-4-5-10-8(9)6-7;6-4-1-2-8-5(7)3-4;1-3-4-2;1-5(2,3)4;/h4-6H,1-3H3;1-3H;1,3-4H2,2H3;1-3H3;/q;;-1;;+1. The van der Waals surface area contributed by atoms with Gasteiger partial charge in [-0.15, -0.1) is 0 Å². The molecule has 0 saturated heterocycles. The van der Waals surface area contributed by atoms with Crippen LogP contribution in [0.4, 0.5) is 0 Å². The molecule has 2 aromatic heterocycles. The maximum Gasteiger partial charge on any atom is 1.00 e. The zero-order chi connectivity index (χ0) is 22.4. The quantitative estimate of drug-likeness (QED) is 0.183. The van der Waals surface area contributed by atoms with E-state index in [1.807, 2.05) is 18.3 Å². The molecular formula is C20H33Br3ClLiN2Si2. The second-order valence-corrected chi connectivity index (χ2v) is 23.0. The molecule has 9 heteroatoms. The molecular weight excluding hydrogens is 607 g/mol. The molecule has 160 valence electrons. The zero-order valence-electron chi connectivity index (χ0n) is 19.0. The number of halogens is 4. The van der Waals surface area contributed by atoms with E-state index in [2.05, 4.69) is 123 Å². The van der Waals surface area contributed by atoms with Gasteiger partial charge < -0.3 is 6.92 Å². The number of hydrogen-bond donors (Lipinski definition) is 0. The monoisotopic (exact) mass is 636 g/mol. The predicted octanol–water partition coefficient (Wildman–Crippen LogP) is 5.68.